The predicted molar refractivity (Wildman–Crippen MR) is 132 cm³/mol. The van der Waals surface area contributed by atoms with Crippen LogP contribution in [-0.2, 0) is 15.7 Å². The zero-order chi connectivity index (χ0) is 27.9. The molecule has 5 rings (SSSR count). The lowest BCUT2D eigenvalue weighted by molar-refractivity contribution is -0.137. The van der Waals surface area contributed by atoms with E-state index in [9.17, 15) is 31.5 Å². The number of carbonyl (C=O) groups excluding carboxylic acids is 2. The summed E-state index contributed by atoms with van der Waals surface area (Å²) in [5.74, 6) is -1.84. The summed E-state index contributed by atoms with van der Waals surface area (Å²) in [5.41, 5.74) is 1.53. The maximum atomic E-state index is 13.3. The number of aryl methyl sites for hydroxylation is 1. The fourth-order valence-electron chi connectivity index (χ4n) is 5.03. The minimum absolute atomic E-state index is 0.130. The number of hydrogen-bond acceptors (Lipinski definition) is 5. The average Bonchev–Trinajstić information content (AvgIpc) is 2.91. The van der Waals surface area contributed by atoms with Crippen LogP contribution >= 0.6 is 0 Å². The molecule has 0 radical (unpaired) electrons. The van der Waals surface area contributed by atoms with E-state index in [1.54, 1.807) is 19.1 Å². The molecule has 7 nitrogen and oxygen atoms in total. The third-order valence-corrected chi connectivity index (χ3v) is 6.92. The SMILES string of the molecule is Cc1ncc(NC(=O)c2cccc(C(F)(F)F)c2)cc1-c1cnc2c(c1)[C@@H]1CCOC[C@H]1C(=O)N2CC(F)F. The van der Waals surface area contributed by atoms with Gasteiger partial charge >= 0.3 is 6.18 Å². The summed E-state index contributed by atoms with van der Waals surface area (Å²) >= 11 is 0. The Hall–Kier alpha value is -3.93. The highest BCUT2D eigenvalue weighted by atomic mass is 19.4. The molecule has 12 heteroatoms. The molecule has 2 amide bonds. The van der Waals surface area contributed by atoms with E-state index in [2.05, 4.69) is 15.3 Å². The van der Waals surface area contributed by atoms with Crippen molar-refractivity contribution in [3.8, 4) is 11.1 Å². The smallest absolute Gasteiger partial charge is 0.381 e. The number of hydrogen-bond donors (Lipinski definition) is 1. The Morgan fingerprint density at radius 3 is 2.69 bits per heavy atom. The van der Waals surface area contributed by atoms with Crippen molar-refractivity contribution in [3.63, 3.8) is 0 Å². The first-order valence-corrected chi connectivity index (χ1v) is 12.2. The number of alkyl halides is 5. The lowest BCUT2D eigenvalue weighted by Crippen LogP contribution is -2.49. The van der Waals surface area contributed by atoms with Crippen molar-refractivity contribution in [2.45, 2.75) is 31.9 Å². The van der Waals surface area contributed by atoms with Gasteiger partial charge in [-0.1, -0.05) is 6.07 Å². The van der Waals surface area contributed by atoms with Crippen LogP contribution in [0.4, 0.5) is 33.5 Å². The van der Waals surface area contributed by atoms with Gasteiger partial charge in [0.25, 0.3) is 12.3 Å². The number of fused-ring (bicyclic) bond motifs is 3. The van der Waals surface area contributed by atoms with Gasteiger partial charge in [-0.2, -0.15) is 13.2 Å². The highest BCUT2D eigenvalue weighted by Crippen LogP contribution is 2.44. The Labute approximate surface area is 220 Å². The molecule has 1 saturated heterocycles. The predicted octanol–water partition coefficient (Wildman–Crippen LogP) is 5.45. The van der Waals surface area contributed by atoms with Crippen LogP contribution in [0.15, 0.2) is 48.8 Å². The largest absolute Gasteiger partial charge is 0.416 e. The Bertz CT molecular complexity index is 1430. The summed E-state index contributed by atoms with van der Waals surface area (Å²) in [7, 11) is 0. The lowest BCUT2D eigenvalue weighted by atomic mass is 9.78. The van der Waals surface area contributed by atoms with E-state index in [4.69, 9.17) is 4.74 Å². The molecule has 0 bridgehead atoms. The molecular weight excluding hydrogens is 523 g/mol. The van der Waals surface area contributed by atoms with Crippen molar-refractivity contribution >= 4 is 23.3 Å². The van der Waals surface area contributed by atoms with Gasteiger partial charge in [-0.3, -0.25) is 19.5 Å². The molecule has 0 saturated carbocycles. The van der Waals surface area contributed by atoms with Gasteiger partial charge < -0.3 is 10.1 Å². The summed E-state index contributed by atoms with van der Waals surface area (Å²) < 4.78 is 71.3. The van der Waals surface area contributed by atoms with Gasteiger partial charge in [0, 0.05) is 41.1 Å². The first-order valence-electron chi connectivity index (χ1n) is 12.2. The Balaban J connectivity index is 1.47. The normalized spacial score (nSPS) is 19.1. The number of ether oxygens (including phenoxy) is 1. The van der Waals surface area contributed by atoms with Gasteiger partial charge in [-0.15, -0.1) is 0 Å². The number of aromatic nitrogens is 2. The molecule has 2 atom stereocenters. The molecule has 1 N–H and O–H groups in total. The van der Waals surface area contributed by atoms with Crippen LogP contribution in [0.2, 0.25) is 0 Å². The van der Waals surface area contributed by atoms with Gasteiger partial charge in [0.05, 0.1) is 36.5 Å². The van der Waals surface area contributed by atoms with Crippen molar-refractivity contribution < 1.29 is 36.3 Å². The Kier molecular flexibility index (Phi) is 7.06. The van der Waals surface area contributed by atoms with Crippen LogP contribution in [0, 0.1) is 12.8 Å². The third kappa shape index (κ3) is 5.33. The Morgan fingerprint density at radius 1 is 1.15 bits per heavy atom. The quantitative estimate of drug-likeness (QED) is 0.430. The van der Waals surface area contributed by atoms with Gasteiger partial charge in [0.1, 0.15) is 5.82 Å². The molecule has 2 aliphatic heterocycles. The van der Waals surface area contributed by atoms with E-state index in [1.165, 1.54) is 18.5 Å². The van der Waals surface area contributed by atoms with Crippen LogP contribution < -0.4 is 10.2 Å². The van der Waals surface area contributed by atoms with Gasteiger partial charge in [-0.25, -0.2) is 13.8 Å². The molecule has 204 valence electrons. The maximum Gasteiger partial charge on any atom is 0.416 e. The first kappa shape index (κ1) is 26.7. The van der Waals surface area contributed by atoms with Gasteiger partial charge in [0.15, 0.2) is 0 Å². The van der Waals surface area contributed by atoms with E-state index in [1.807, 2.05) is 0 Å². The number of nitrogens with one attached hydrogen (secondary N) is 1. The molecule has 39 heavy (non-hydrogen) atoms. The average molecular weight is 546 g/mol. The standard InChI is InChI=1S/C27H23F5N4O3/c1-14-20(9-18(11-33-14)35-25(37)15-3-2-4-17(7-15)27(30,31)32)16-8-21-19-5-6-39-13-22(19)26(38)36(12-23(28)29)24(21)34-10-16/h2-4,7-11,19,22-23H,5-6,12-13H2,1H3,(H,35,37)/t19-,22+/m0/s1. The summed E-state index contributed by atoms with van der Waals surface area (Å²) in [4.78, 5) is 35.4. The van der Waals surface area contributed by atoms with Crippen LogP contribution in [0.25, 0.3) is 11.1 Å². The van der Waals surface area contributed by atoms with E-state index in [0.29, 0.717) is 35.4 Å². The van der Waals surface area contributed by atoms with E-state index < -0.39 is 42.4 Å². The highest BCUT2D eigenvalue weighted by Gasteiger charge is 2.43. The van der Waals surface area contributed by atoms with Crippen LogP contribution in [0.3, 0.4) is 0 Å². The number of pyridine rings is 2. The number of nitrogens with zero attached hydrogens (tertiary/aromatic N) is 3. The zero-order valence-electron chi connectivity index (χ0n) is 20.6. The van der Waals surface area contributed by atoms with Crippen LogP contribution in [0.1, 0.15) is 39.5 Å². The van der Waals surface area contributed by atoms with E-state index in [-0.39, 0.29) is 29.6 Å². The zero-order valence-corrected chi connectivity index (χ0v) is 20.6. The van der Waals surface area contributed by atoms with Crippen molar-refractivity contribution in [1.29, 1.82) is 0 Å². The number of halogens is 5. The topological polar surface area (TPSA) is 84.4 Å². The van der Waals surface area contributed by atoms with E-state index in [0.717, 1.165) is 23.1 Å². The van der Waals surface area contributed by atoms with Gasteiger partial charge in [-0.05, 0) is 49.2 Å². The molecule has 0 unspecified atom stereocenters. The summed E-state index contributed by atoms with van der Waals surface area (Å²) in [6.45, 7) is 1.51. The molecule has 3 aromatic rings. The number of rotatable bonds is 5. The fraction of sp³-hybridized carbons (Fsp3) is 0.333. The minimum Gasteiger partial charge on any atom is -0.381 e. The first-order chi connectivity index (χ1) is 18.5. The second-order valence-corrected chi connectivity index (χ2v) is 9.44. The molecule has 0 spiro atoms. The Morgan fingerprint density at radius 2 is 1.95 bits per heavy atom. The molecule has 0 aliphatic carbocycles. The number of benzene rings is 1. The third-order valence-electron chi connectivity index (χ3n) is 6.92. The van der Waals surface area contributed by atoms with Crippen molar-refractivity contribution in [1.82, 2.24) is 9.97 Å². The molecular formula is C27H23F5N4O3. The molecule has 2 aliphatic rings. The summed E-state index contributed by atoms with van der Waals surface area (Å²) in [6.07, 6.45) is -3.97. The number of amides is 2. The lowest BCUT2D eigenvalue weighted by Gasteiger charge is -2.40. The summed E-state index contributed by atoms with van der Waals surface area (Å²) in [5, 5.41) is 2.57. The van der Waals surface area contributed by atoms with Crippen molar-refractivity contribution in [2.24, 2.45) is 5.92 Å². The van der Waals surface area contributed by atoms with E-state index >= 15 is 0 Å². The molecule has 1 aromatic carbocycles. The van der Waals surface area contributed by atoms with Gasteiger partial charge in [0.2, 0.25) is 5.91 Å². The highest BCUT2D eigenvalue weighted by molar-refractivity contribution is 6.04. The maximum absolute atomic E-state index is 13.3. The van der Waals surface area contributed by atoms with Crippen LogP contribution in [-0.4, -0.2) is 48.0 Å². The van der Waals surface area contributed by atoms with Crippen LogP contribution in [0.5, 0.6) is 0 Å². The molecule has 4 heterocycles. The monoisotopic (exact) mass is 546 g/mol. The van der Waals surface area contributed by atoms with Crippen molar-refractivity contribution in [3.05, 3.63) is 71.2 Å². The molecule has 2 aromatic heterocycles. The second kappa shape index (κ2) is 10.3. The van der Waals surface area contributed by atoms with Crippen molar-refractivity contribution in [2.75, 3.05) is 30.0 Å². The number of anilines is 2. The molecule has 1 fully saturated rings. The minimum atomic E-state index is -4.59. The fourth-order valence-corrected chi connectivity index (χ4v) is 5.03. The summed E-state index contributed by atoms with van der Waals surface area (Å²) in [6, 6.07) is 7.48. The number of carbonyl (C=O) groups is 2. The second-order valence-electron chi connectivity index (χ2n) is 9.44.